The summed E-state index contributed by atoms with van der Waals surface area (Å²) < 4.78 is 10.9. The van der Waals surface area contributed by atoms with E-state index in [0.29, 0.717) is 57.0 Å². The number of pyridine rings is 1. The molecule has 160 valence electrons. The van der Waals surface area contributed by atoms with Crippen LogP contribution in [0.1, 0.15) is 36.0 Å². The number of hydrogen-bond acceptors (Lipinski definition) is 6. The van der Waals surface area contributed by atoms with Gasteiger partial charge in [-0.1, -0.05) is 0 Å². The van der Waals surface area contributed by atoms with Gasteiger partial charge in [-0.3, -0.25) is 14.5 Å². The van der Waals surface area contributed by atoms with Crippen molar-refractivity contribution >= 4 is 17.9 Å². The van der Waals surface area contributed by atoms with E-state index in [1.165, 1.54) is 13.3 Å². The van der Waals surface area contributed by atoms with E-state index < -0.39 is 5.60 Å². The molecule has 1 unspecified atom stereocenters. The van der Waals surface area contributed by atoms with Gasteiger partial charge in [-0.15, -0.1) is 0 Å². The summed E-state index contributed by atoms with van der Waals surface area (Å²) in [6.45, 7) is 2.53. The van der Waals surface area contributed by atoms with E-state index in [9.17, 15) is 14.4 Å². The summed E-state index contributed by atoms with van der Waals surface area (Å²) in [4.78, 5) is 47.5. The molecular formula is C21H26N4O5. The van der Waals surface area contributed by atoms with E-state index in [-0.39, 0.29) is 29.9 Å². The molecule has 1 aliphatic carbocycles. The zero-order chi connectivity index (χ0) is 20.9. The van der Waals surface area contributed by atoms with Gasteiger partial charge in [-0.25, -0.2) is 9.78 Å². The number of hydrogen-bond donors (Lipinski definition) is 0. The quantitative estimate of drug-likeness (QED) is 0.737. The Kier molecular flexibility index (Phi) is 4.56. The number of carbonyl (C=O) groups excluding carboxylic acids is 3. The molecule has 1 aromatic rings. The minimum Gasteiger partial charge on any atom is -0.481 e. The summed E-state index contributed by atoms with van der Waals surface area (Å²) in [6.07, 6.45) is 4.42. The van der Waals surface area contributed by atoms with Gasteiger partial charge in [-0.05, 0) is 18.9 Å². The smallest absolute Gasteiger partial charge is 0.410 e. The van der Waals surface area contributed by atoms with Crippen LogP contribution in [0.25, 0.3) is 0 Å². The Hall–Kier alpha value is -2.84. The van der Waals surface area contributed by atoms with Gasteiger partial charge >= 0.3 is 6.09 Å². The van der Waals surface area contributed by atoms with Gasteiger partial charge in [0, 0.05) is 63.7 Å². The monoisotopic (exact) mass is 414 g/mol. The van der Waals surface area contributed by atoms with Crippen molar-refractivity contribution in [2.45, 2.75) is 37.3 Å². The maximum atomic E-state index is 13.0. The second-order valence-electron chi connectivity index (χ2n) is 8.58. The van der Waals surface area contributed by atoms with Crippen LogP contribution in [0.5, 0.6) is 5.88 Å². The lowest BCUT2D eigenvalue weighted by atomic mass is 9.83. The molecule has 1 aromatic heterocycles. The molecule has 0 radical (unpaired) electrons. The highest BCUT2D eigenvalue weighted by Crippen LogP contribution is 2.41. The molecule has 0 aromatic carbocycles. The second-order valence-corrected chi connectivity index (χ2v) is 8.58. The average molecular weight is 414 g/mol. The molecule has 9 heteroatoms. The van der Waals surface area contributed by atoms with Crippen molar-refractivity contribution in [1.82, 2.24) is 19.7 Å². The SMILES string of the molecule is COc1ccc(C(=O)N2CCN3C(=O)OC4(CCN(C(=O)C5CC5)CC4)C3C2)cn1. The minimum absolute atomic E-state index is 0.111. The average Bonchev–Trinajstić information content (AvgIpc) is 3.60. The molecule has 0 N–H and O–H groups in total. The van der Waals surface area contributed by atoms with Crippen molar-refractivity contribution in [3.05, 3.63) is 23.9 Å². The second kappa shape index (κ2) is 7.14. The fraction of sp³-hybridized carbons (Fsp3) is 0.619. The maximum absolute atomic E-state index is 13.0. The van der Waals surface area contributed by atoms with E-state index in [4.69, 9.17) is 9.47 Å². The molecule has 1 spiro atoms. The number of ether oxygens (including phenoxy) is 2. The molecule has 3 saturated heterocycles. The topological polar surface area (TPSA) is 92.3 Å². The lowest BCUT2D eigenvalue weighted by Crippen LogP contribution is -2.61. The normalized spacial score (nSPS) is 25.2. The highest BCUT2D eigenvalue weighted by atomic mass is 16.6. The third-order valence-corrected chi connectivity index (χ3v) is 6.84. The van der Waals surface area contributed by atoms with E-state index in [0.717, 1.165) is 12.8 Å². The first-order chi connectivity index (χ1) is 14.5. The Bertz CT molecular complexity index is 861. The molecule has 9 nitrogen and oxygen atoms in total. The van der Waals surface area contributed by atoms with Crippen LogP contribution in [-0.4, -0.2) is 89.1 Å². The minimum atomic E-state index is -0.630. The highest BCUT2D eigenvalue weighted by Gasteiger charge is 2.57. The van der Waals surface area contributed by atoms with Crippen LogP contribution in [0.15, 0.2) is 18.3 Å². The molecule has 30 heavy (non-hydrogen) atoms. The number of carbonyl (C=O) groups is 3. The molecule has 4 fully saturated rings. The number of piperidine rings is 1. The van der Waals surface area contributed by atoms with Crippen molar-refractivity contribution in [2.24, 2.45) is 5.92 Å². The van der Waals surface area contributed by atoms with E-state index in [2.05, 4.69) is 4.98 Å². The molecule has 4 heterocycles. The molecule has 1 atom stereocenters. The van der Waals surface area contributed by atoms with Crippen molar-refractivity contribution in [1.29, 1.82) is 0 Å². The predicted molar refractivity (Wildman–Crippen MR) is 105 cm³/mol. The first-order valence-electron chi connectivity index (χ1n) is 10.6. The number of fused-ring (bicyclic) bond motifs is 2. The van der Waals surface area contributed by atoms with Crippen LogP contribution >= 0.6 is 0 Å². The maximum Gasteiger partial charge on any atom is 0.410 e. The van der Waals surface area contributed by atoms with Gasteiger partial charge in [0.2, 0.25) is 11.8 Å². The zero-order valence-corrected chi connectivity index (χ0v) is 17.1. The third kappa shape index (κ3) is 3.16. The number of methoxy groups -OCH3 is 1. The molecule has 1 saturated carbocycles. The number of rotatable bonds is 3. The number of aromatic nitrogens is 1. The molecule has 4 aliphatic rings. The summed E-state index contributed by atoms with van der Waals surface area (Å²) in [5.74, 6) is 0.777. The Morgan fingerprint density at radius 3 is 2.53 bits per heavy atom. The molecule has 3 amide bonds. The van der Waals surface area contributed by atoms with Crippen LogP contribution in [0.3, 0.4) is 0 Å². The van der Waals surface area contributed by atoms with E-state index >= 15 is 0 Å². The van der Waals surface area contributed by atoms with Crippen LogP contribution in [-0.2, 0) is 9.53 Å². The first-order valence-corrected chi connectivity index (χ1v) is 10.6. The first kappa shape index (κ1) is 19.1. The number of nitrogens with zero attached hydrogens (tertiary/aromatic N) is 4. The summed E-state index contributed by atoms with van der Waals surface area (Å²) in [7, 11) is 1.53. The van der Waals surface area contributed by atoms with E-state index in [1.807, 2.05) is 4.90 Å². The van der Waals surface area contributed by atoms with E-state index in [1.54, 1.807) is 21.9 Å². The van der Waals surface area contributed by atoms with Crippen molar-refractivity contribution in [3.63, 3.8) is 0 Å². The predicted octanol–water partition coefficient (Wildman–Crippen LogP) is 1.14. The number of likely N-dealkylation sites (tertiary alicyclic amines) is 1. The van der Waals surface area contributed by atoms with Gasteiger partial charge in [0.25, 0.3) is 5.91 Å². The number of amides is 3. The van der Waals surface area contributed by atoms with Gasteiger partial charge in [0.15, 0.2) is 0 Å². The van der Waals surface area contributed by atoms with Crippen LogP contribution < -0.4 is 4.74 Å². The van der Waals surface area contributed by atoms with Crippen LogP contribution in [0.4, 0.5) is 4.79 Å². The van der Waals surface area contributed by atoms with Gasteiger partial charge in [0.1, 0.15) is 5.60 Å². The van der Waals surface area contributed by atoms with Crippen LogP contribution in [0.2, 0.25) is 0 Å². The summed E-state index contributed by atoms with van der Waals surface area (Å²) in [6, 6.07) is 3.18. The zero-order valence-electron chi connectivity index (χ0n) is 17.1. The summed E-state index contributed by atoms with van der Waals surface area (Å²) >= 11 is 0. The van der Waals surface area contributed by atoms with Gasteiger partial charge in [0.05, 0.1) is 18.7 Å². The Balaban J connectivity index is 1.29. The van der Waals surface area contributed by atoms with Gasteiger partial charge in [-0.2, -0.15) is 0 Å². The van der Waals surface area contributed by atoms with Crippen molar-refractivity contribution in [2.75, 3.05) is 39.8 Å². The summed E-state index contributed by atoms with van der Waals surface area (Å²) in [5, 5.41) is 0. The highest BCUT2D eigenvalue weighted by molar-refractivity contribution is 5.94. The number of piperazine rings is 1. The lowest BCUT2D eigenvalue weighted by molar-refractivity contribution is -0.136. The van der Waals surface area contributed by atoms with Crippen LogP contribution in [0, 0.1) is 5.92 Å². The van der Waals surface area contributed by atoms with Gasteiger partial charge < -0.3 is 19.3 Å². The summed E-state index contributed by atoms with van der Waals surface area (Å²) in [5.41, 5.74) is -0.137. The molecule has 3 aliphatic heterocycles. The fourth-order valence-electron chi connectivity index (χ4n) is 4.88. The Morgan fingerprint density at radius 1 is 1.13 bits per heavy atom. The largest absolute Gasteiger partial charge is 0.481 e. The third-order valence-electron chi connectivity index (χ3n) is 6.84. The van der Waals surface area contributed by atoms with Crippen molar-refractivity contribution in [3.8, 4) is 5.88 Å². The Labute approximate surface area is 174 Å². The molecule has 5 rings (SSSR count). The molecular weight excluding hydrogens is 388 g/mol. The standard InChI is InChI=1S/C21H26N4O5/c1-29-17-5-4-15(12-22-17)19(27)24-10-11-25-16(13-24)21(30-20(25)28)6-8-23(9-7-21)18(26)14-2-3-14/h4-5,12,14,16H,2-3,6-11,13H2,1H3. The fourth-order valence-corrected chi connectivity index (χ4v) is 4.88. The molecule has 0 bridgehead atoms. The lowest BCUT2D eigenvalue weighted by Gasteiger charge is -2.45. The Morgan fingerprint density at radius 2 is 1.90 bits per heavy atom. The van der Waals surface area contributed by atoms with Crippen molar-refractivity contribution < 1.29 is 23.9 Å².